The highest BCUT2D eigenvalue weighted by molar-refractivity contribution is 7.92. The first-order valence-electron chi connectivity index (χ1n) is 7.48. The molecule has 0 saturated carbocycles. The molecule has 1 N–H and O–H groups in total. The molecule has 0 fully saturated rings. The van der Waals surface area contributed by atoms with Crippen molar-refractivity contribution < 1.29 is 26.4 Å². The Morgan fingerprint density at radius 2 is 1.58 bits per heavy atom. The second kappa shape index (κ2) is 7.36. The van der Waals surface area contributed by atoms with Gasteiger partial charge in [-0.1, -0.05) is 17.7 Å². The summed E-state index contributed by atoms with van der Waals surface area (Å²) in [5.41, 5.74) is 0.547. The number of alkyl halides is 3. The van der Waals surface area contributed by atoms with Crippen LogP contribution >= 0.6 is 0 Å². The molecule has 1 amide bonds. The Labute approximate surface area is 149 Å². The van der Waals surface area contributed by atoms with Crippen molar-refractivity contribution >= 4 is 27.3 Å². The normalized spacial score (nSPS) is 11.9. The number of hydrogen-bond acceptors (Lipinski definition) is 3. The summed E-state index contributed by atoms with van der Waals surface area (Å²) in [4.78, 5) is 12.2. The minimum Gasteiger partial charge on any atom is -0.325 e. The number of sulfonamides is 1. The maximum atomic E-state index is 12.5. The van der Waals surface area contributed by atoms with Gasteiger partial charge in [0, 0.05) is 5.69 Å². The van der Waals surface area contributed by atoms with Crippen LogP contribution in [0, 0.1) is 6.92 Å². The molecule has 0 heterocycles. The molecule has 0 bridgehead atoms. The third-order valence-electron chi connectivity index (χ3n) is 3.51. The van der Waals surface area contributed by atoms with Gasteiger partial charge in [-0.25, -0.2) is 8.42 Å². The van der Waals surface area contributed by atoms with Gasteiger partial charge in [0.25, 0.3) is 0 Å². The molecule has 0 saturated heterocycles. The zero-order valence-corrected chi connectivity index (χ0v) is 14.9. The van der Waals surface area contributed by atoms with Gasteiger partial charge in [0.1, 0.15) is 6.54 Å². The van der Waals surface area contributed by atoms with Gasteiger partial charge in [-0.3, -0.25) is 9.10 Å². The van der Waals surface area contributed by atoms with Crippen molar-refractivity contribution in [2.45, 2.75) is 13.1 Å². The molecular formula is C17H17F3N2O3S. The first-order valence-corrected chi connectivity index (χ1v) is 9.33. The molecule has 0 aromatic heterocycles. The van der Waals surface area contributed by atoms with Crippen LogP contribution in [0.4, 0.5) is 24.5 Å². The molecule has 26 heavy (non-hydrogen) atoms. The number of benzene rings is 2. The van der Waals surface area contributed by atoms with Crippen LogP contribution in [-0.4, -0.2) is 27.1 Å². The van der Waals surface area contributed by atoms with E-state index in [-0.39, 0.29) is 5.69 Å². The van der Waals surface area contributed by atoms with Crippen molar-refractivity contribution in [3.8, 4) is 0 Å². The number of aryl methyl sites for hydroxylation is 1. The predicted molar refractivity (Wildman–Crippen MR) is 93.4 cm³/mol. The number of halogens is 3. The lowest BCUT2D eigenvalue weighted by atomic mass is 10.2. The fourth-order valence-electron chi connectivity index (χ4n) is 2.18. The number of carbonyl (C=O) groups is 1. The van der Waals surface area contributed by atoms with Crippen molar-refractivity contribution in [3.05, 3.63) is 59.7 Å². The van der Waals surface area contributed by atoms with Gasteiger partial charge < -0.3 is 5.32 Å². The van der Waals surface area contributed by atoms with Gasteiger partial charge in [0.2, 0.25) is 15.9 Å². The summed E-state index contributed by atoms with van der Waals surface area (Å²) >= 11 is 0. The highest BCUT2D eigenvalue weighted by Gasteiger charge is 2.30. The Balaban J connectivity index is 2.14. The van der Waals surface area contributed by atoms with E-state index in [2.05, 4.69) is 5.32 Å². The number of anilines is 2. The Bertz CT molecular complexity index is 877. The third-order valence-corrected chi connectivity index (χ3v) is 4.65. The van der Waals surface area contributed by atoms with Crippen molar-refractivity contribution in [1.82, 2.24) is 0 Å². The summed E-state index contributed by atoms with van der Waals surface area (Å²) in [6, 6.07) is 10.5. The lowest BCUT2D eigenvalue weighted by molar-refractivity contribution is -0.137. The Hall–Kier alpha value is -2.55. The summed E-state index contributed by atoms with van der Waals surface area (Å²) in [6.07, 6.45) is -3.50. The van der Waals surface area contributed by atoms with E-state index in [0.717, 1.165) is 40.4 Å². The Kier molecular flexibility index (Phi) is 5.60. The van der Waals surface area contributed by atoms with Gasteiger partial charge in [-0.2, -0.15) is 13.2 Å². The Morgan fingerprint density at radius 3 is 2.04 bits per heavy atom. The summed E-state index contributed by atoms with van der Waals surface area (Å²) in [5.74, 6) is -0.671. The average molecular weight is 386 g/mol. The van der Waals surface area contributed by atoms with Crippen LogP contribution in [-0.2, 0) is 21.0 Å². The molecule has 0 atom stereocenters. The summed E-state index contributed by atoms with van der Waals surface area (Å²) < 4.78 is 62.5. The van der Waals surface area contributed by atoms with Gasteiger partial charge in [-0.15, -0.1) is 0 Å². The molecule has 2 aromatic carbocycles. The highest BCUT2D eigenvalue weighted by Crippen LogP contribution is 2.29. The number of nitrogens with one attached hydrogen (secondary N) is 1. The molecule has 0 radical (unpaired) electrons. The van der Waals surface area contributed by atoms with Crippen LogP contribution in [0.3, 0.4) is 0 Å². The quantitative estimate of drug-likeness (QED) is 0.856. The highest BCUT2D eigenvalue weighted by atomic mass is 32.2. The van der Waals surface area contributed by atoms with E-state index in [9.17, 15) is 26.4 Å². The van der Waals surface area contributed by atoms with Crippen LogP contribution in [0.25, 0.3) is 0 Å². The van der Waals surface area contributed by atoms with Crippen molar-refractivity contribution in [2.75, 3.05) is 22.4 Å². The molecule has 9 heteroatoms. The standard InChI is InChI=1S/C17H17F3N2O3S/c1-12-3-9-15(10-4-12)22(26(2,24)25)11-16(23)21-14-7-5-13(6-8-14)17(18,19)20/h3-10H,11H2,1-2H3,(H,21,23). The lowest BCUT2D eigenvalue weighted by Gasteiger charge is -2.22. The van der Waals surface area contributed by atoms with Crippen LogP contribution in [0.2, 0.25) is 0 Å². The first kappa shape index (κ1) is 19.8. The average Bonchev–Trinajstić information content (AvgIpc) is 2.52. The van der Waals surface area contributed by atoms with Gasteiger partial charge in [-0.05, 0) is 43.3 Å². The molecule has 2 rings (SSSR count). The third kappa shape index (κ3) is 5.22. The maximum absolute atomic E-state index is 12.5. The molecule has 0 aliphatic heterocycles. The minimum atomic E-state index is -4.47. The summed E-state index contributed by atoms with van der Waals surface area (Å²) in [6.45, 7) is 1.34. The van der Waals surface area contributed by atoms with Crippen molar-refractivity contribution in [3.63, 3.8) is 0 Å². The fourth-order valence-corrected chi connectivity index (χ4v) is 3.04. The van der Waals surface area contributed by atoms with E-state index < -0.39 is 34.2 Å². The van der Waals surface area contributed by atoms with Crippen molar-refractivity contribution in [2.24, 2.45) is 0 Å². The zero-order chi connectivity index (χ0) is 19.5. The van der Waals surface area contributed by atoms with E-state index in [1.165, 1.54) is 0 Å². The maximum Gasteiger partial charge on any atom is 0.416 e. The smallest absolute Gasteiger partial charge is 0.325 e. The van der Waals surface area contributed by atoms with Crippen LogP contribution in [0.1, 0.15) is 11.1 Å². The molecule has 0 aliphatic carbocycles. The monoisotopic (exact) mass is 386 g/mol. The molecule has 0 aliphatic rings. The predicted octanol–water partition coefficient (Wildman–Crippen LogP) is 3.42. The van der Waals surface area contributed by atoms with Crippen LogP contribution < -0.4 is 9.62 Å². The van der Waals surface area contributed by atoms with Gasteiger partial charge in [0.05, 0.1) is 17.5 Å². The molecule has 2 aromatic rings. The number of carbonyl (C=O) groups excluding carboxylic acids is 1. The van der Waals surface area contributed by atoms with E-state index in [4.69, 9.17) is 0 Å². The van der Waals surface area contributed by atoms with E-state index >= 15 is 0 Å². The molecule has 0 spiro atoms. The second-order valence-corrected chi connectivity index (χ2v) is 7.64. The van der Waals surface area contributed by atoms with Gasteiger partial charge in [0.15, 0.2) is 0 Å². The largest absolute Gasteiger partial charge is 0.416 e. The number of amides is 1. The number of rotatable bonds is 5. The SMILES string of the molecule is Cc1ccc(N(CC(=O)Nc2ccc(C(F)(F)F)cc2)S(C)(=O)=O)cc1. The lowest BCUT2D eigenvalue weighted by Crippen LogP contribution is -2.37. The fraction of sp³-hybridized carbons (Fsp3) is 0.235. The number of nitrogens with zero attached hydrogens (tertiary/aromatic N) is 1. The van der Waals surface area contributed by atoms with Crippen molar-refractivity contribution in [1.29, 1.82) is 0 Å². The molecule has 5 nitrogen and oxygen atoms in total. The van der Waals surface area contributed by atoms with Crippen LogP contribution in [0.15, 0.2) is 48.5 Å². The van der Waals surface area contributed by atoms with Crippen LogP contribution in [0.5, 0.6) is 0 Å². The summed E-state index contributed by atoms with van der Waals surface area (Å²) in [5, 5.41) is 2.39. The van der Waals surface area contributed by atoms with E-state index in [1.54, 1.807) is 24.3 Å². The zero-order valence-electron chi connectivity index (χ0n) is 14.0. The van der Waals surface area contributed by atoms with E-state index in [0.29, 0.717) is 5.69 Å². The Morgan fingerprint density at radius 1 is 1.04 bits per heavy atom. The minimum absolute atomic E-state index is 0.139. The summed E-state index contributed by atoms with van der Waals surface area (Å²) in [7, 11) is -3.72. The second-order valence-electron chi connectivity index (χ2n) is 5.73. The van der Waals surface area contributed by atoms with E-state index in [1.807, 2.05) is 6.92 Å². The molecule has 0 unspecified atom stereocenters. The first-order chi connectivity index (χ1) is 12.0. The molecule has 140 valence electrons. The van der Waals surface area contributed by atoms with Gasteiger partial charge >= 0.3 is 6.18 Å². The molecular weight excluding hydrogens is 369 g/mol. The topological polar surface area (TPSA) is 66.5 Å². The number of hydrogen-bond donors (Lipinski definition) is 1.